The standard InChI is InChI=1S/C28H22N6/c1-3-11-19(12-4-1)25-30-26(20-13-5-2-6-14-20)32-27(31-25)34-24-18-10-9-17-23(24)33-22-16-8-7-15-21(22)29-28(33)34/h1-18,25,27,31H,(H,30,32). The SMILES string of the molecule is c1ccc(C2=NC(n3c4ccccc4n4c5ccccc5nc34)NC(c3ccccc3)N2)cc1. The highest BCUT2D eigenvalue weighted by molar-refractivity contribution is 5.99. The summed E-state index contributed by atoms with van der Waals surface area (Å²) in [4.78, 5) is 10.2. The Labute approximate surface area is 196 Å². The predicted octanol–water partition coefficient (Wildman–Crippen LogP) is 5.24. The number of hydrogen-bond donors (Lipinski definition) is 2. The van der Waals surface area contributed by atoms with E-state index in [1.54, 1.807) is 0 Å². The smallest absolute Gasteiger partial charge is 0.218 e. The van der Waals surface area contributed by atoms with Crippen LogP contribution in [0.25, 0.3) is 27.8 Å². The Morgan fingerprint density at radius 3 is 2.09 bits per heavy atom. The number of fused-ring (bicyclic) bond motifs is 5. The van der Waals surface area contributed by atoms with Gasteiger partial charge in [0.05, 0.1) is 22.1 Å². The van der Waals surface area contributed by atoms with Crippen molar-refractivity contribution in [1.82, 2.24) is 24.6 Å². The average Bonchev–Trinajstić information content (AvgIpc) is 3.44. The molecule has 3 heterocycles. The van der Waals surface area contributed by atoms with Crippen LogP contribution >= 0.6 is 0 Å². The molecule has 0 spiro atoms. The molecular weight excluding hydrogens is 420 g/mol. The minimum Gasteiger partial charge on any atom is -0.350 e. The molecule has 7 rings (SSSR count). The van der Waals surface area contributed by atoms with Crippen LogP contribution in [-0.4, -0.2) is 19.8 Å². The van der Waals surface area contributed by atoms with E-state index in [1.165, 1.54) is 0 Å². The van der Waals surface area contributed by atoms with Crippen LogP contribution in [0.1, 0.15) is 23.6 Å². The molecule has 6 aromatic rings. The predicted molar refractivity (Wildman–Crippen MR) is 136 cm³/mol. The van der Waals surface area contributed by atoms with E-state index in [0.717, 1.165) is 44.8 Å². The van der Waals surface area contributed by atoms with Crippen LogP contribution in [0, 0.1) is 0 Å². The van der Waals surface area contributed by atoms with Crippen LogP contribution in [0.15, 0.2) is 114 Å². The van der Waals surface area contributed by atoms with Crippen molar-refractivity contribution in [2.24, 2.45) is 4.99 Å². The number of para-hydroxylation sites is 4. The lowest BCUT2D eigenvalue weighted by Crippen LogP contribution is -2.46. The molecule has 4 aromatic carbocycles. The molecule has 0 bridgehead atoms. The van der Waals surface area contributed by atoms with Gasteiger partial charge >= 0.3 is 0 Å². The number of aliphatic imine (C=N–C) groups is 1. The average molecular weight is 443 g/mol. The van der Waals surface area contributed by atoms with Crippen LogP contribution < -0.4 is 10.6 Å². The van der Waals surface area contributed by atoms with Gasteiger partial charge in [-0.15, -0.1) is 0 Å². The number of nitrogens with one attached hydrogen (secondary N) is 2. The highest BCUT2D eigenvalue weighted by Gasteiger charge is 2.28. The zero-order valence-corrected chi connectivity index (χ0v) is 18.3. The number of amidine groups is 1. The summed E-state index contributed by atoms with van der Waals surface area (Å²) in [7, 11) is 0. The number of nitrogens with zero attached hydrogens (tertiary/aromatic N) is 4. The van der Waals surface area contributed by atoms with Crippen molar-refractivity contribution in [2.45, 2.75) is 12.5 Å². The number of imidazole rings is 2. The molecule has 0 radical (unpaired) electrons. The fraction of sp³-hybridized carbons (Fsp3) is 0.0714. The molecule has 2 N–H and O–H groups in total. The van der Waals surface area contributed by atoms with E-state index >= 15 is 0 Å². The normalized spacial score (nSPS) is 18.3. The van der Waals surface area contributed by atoms with Crippen molar-refractivity contribution >= 4 is 33.7 Å². The maximum absolute atomic E-state index is 5.14. The Hall–Kier alpha value is -4.42. The van der Waals surface area contributed by atoms with Crippen molar-refractivity contribution in [1.29, 1.82) is 0 Å². The lowest BCUT2D eigenvalue weighted by molar-refractivity contribution is 0.339. The molecule has 2 aromatic heterocycles. The van der Waals surface area contributed by atoms with Gasteiger partial charge < -0.3 is 5.32 Å². The first-order valence-corrected chi connectivity index (χ1v) is 11.4. The first kappa shape index (κ1) is 19.1. The molecule has 0 fully saturated rings. The molecule has 164 valence electrons. The van der Waals surface area contributed by atoms with Gasteiger partial charge in [0.25, 0.3) is 0 Å². The summed E-state index contributed by atoms with van der Waals surface area (Å²) >= 11 is 0. The number of rotatable bonds is 3. The zero-order valence-electron chi connectivity index (χ0n) is 18.3. The summed E-state index contributed by atoms with van der Waals surface area (Å²) < 4.78 is 4.43. The van der Waals surface area contributed by atoms with Gasteiger partial charge in [0, 0.05) is 5.56 Å². The summed E-state index contributed by atoms with van der Waals surface area (Å²) in [5.74, 6) is 1.72. The molecule has 0 saturated carbocycles. The minimum absolute atomic E-state index is 0.107. The van der Waals surface area contributed by atoms with Crippen molar-refractivity contribution in [3.05, 3.63) is 120 Å². The summed E-state index contributed by atoms with van der Waals surface area (Å²) in [6, 6.07) is 37.4. The quantitative estimate of drug-likeness (QED) is 0.394. The van der Waals surface area contributed by atoms with Gasteiger partial charge in [0.2, 0.25) is 5.78 Å². The van der Waals surface area contributed by atoms with Crippen LogP contribution in [0.3, 0.4) is 0 Å². The van der Waals surface area contributed by atoms with E-state index < -0.39 is 0 Å². The van der Waals surface area contributed by atoms with Gasteiger partial charge in [-0.25, -0.2) is 9.98 Å². The largest absolute Gasteiger partial charge is 0.350 e. The molecule has 1 aliphatic rings. The van der Waals surface area contributed by atoms with Gasteiger partial charge in [-0.2, -0.15) is 0 Å². The molecule has 34 heavy (non-hydrogen) atoms. The lowest BCUT2D eigenvalue weighted by atomic mass is 10.1. The van der Waals surface area contributed by atoms with Gasteiger partial charge in [-0.3, -0.25) is 14.3 Å². The van der Waals surface area contributed by atoms with E-state index in [9.17, 15) is 0 Å². The molecule has 6 heteroatoms. The molecule has 6 nitrogen and oxygen atoms in total. The summed E-state index contributed by atoms with van der Waals surface area (Å²) in [6.07, 6.45) is -0.453. The molecule has 1 aliphatic heterocycles. The summed E-state index contributed by atoms with van der Waals surface area (Å²) in [5, 5.41) is 7.31. The highest BCUT2D eigenvalue weighted by Crippen LogP contribution is 2.31. The zero-order chi connectivity index (χ0) is 22.5. The maximum atomic E-state index is 5.14. The molecule has 2 atom stereocenters. The molecule has 0 amide bonds. The molecular formula is C28H22N6. The first-order chi connectivity index (χ1) is 16.9. The minimum atomic E-state index is -0.346. The van der Waals surface area contributed by atoms with Crippen LogP contribution in [0.2, 0.25) is 0 Å². The Bertz CT molecular complexity index is 1660. The summed E-state index contributed by atoms with van der Waals surface area (Å²) in [5.41, 5.74) is 6.45. The third-order valence-electron chi connectivity index (χ3n) is 6.41. The van der Waals surface area contributed by atoms with Crippen LogP contribution in [0.5, 0.6) is 0 Å². The van der Waals surface area contributed by atoms with Crippen molar-refractivity contribution in [2.75, 3.05) is 0 Å². The fourth-order valence-electron chi connectivity index (χ4n) is 4.85. The maximum Gasteiger partial charge on any atom is 0.218 e. The second kappa shape index (κ2) is 7.57. The second-order valence-electron chi connectivity index (χ2n) is 8.47. The Balaban J connectivity index is 1.48. The van der Waals surface area contributed by atoms with E-state index in [4.69, 9.17) is 9.98 Å². The second-order valence-corrected chi connectivity index (χ2v) is 8.47. The number of benzene rings is 4. The van der Waals surface area contributed by atoms with E-state index in [-0.39, 0.29) is 12.5 Å². The van der Waals surface area contributed by atoms with Gasteiger partial charge in [-0.1, -0.05) is 84.9 Å². The van der Waals surface area contributed by atoms with Crippen LogP contribution in [-0.2, 0) is 0 Å². The van der Waals surface area contributed by atoms with E-state index in [1.807, 2.05) is 30.3 Å². The van der Waals surface area contributed by atoms with Crippen molar-refractivity contribution < 1.29 is 0 Å². The third-order valence-corrected chi connectivity index (χ3v) is 6.41. The van der Waals surface area contributed by atoms with Crippen molar-refractivity contribution in [3.63, 3.8) is 0 Å². The van der Waals surface area contributed by atoms with Crippen molar-refractivity contribution in [3.8, 4) is 0 Å². The topological polar surface area (TPSA) is 58.7 Å². The van der Waals surface area contributed by atoms with E-state index in [0.29, 0.717) is 0 Å². The van der Waals surface area contributed by atoms with E-state index in [2.05, 4.69) is 98.5 Å². The van der Waals surface area contributed by atoms with Gasteiger partial charge in [-0.05, 0) is 29.8 Å². The summed E-state index contributed by atoms with van der Waals surface area (Å²) in [6.45, 7) is 0. The molecule has 2 unspecified atom stereocenters. The monoisotopic (exact) mass is 442 g/mol. The Morgan fingerprint density at radius 2 is 1.29 bits per heavy atom. The highest BCUT2D eigenvalue weighted by atomic mass is 15.4. The van der Waals surface area contributed by atoms with Gasteiger partial charge in [0.1, 0.15) is 12.0 Å². The molecule has 0 saturated heterocycles. The first-order valence-electron chi connectivity index (χ1n) is 11.4. The van der Waals surface area contributed by atoms with Crippen LogP contribution in [0.4, 0.5) is 0 Å². The number of hydrogen-bond acceptors (Lipinski definition) is 4. The van der Waals surface area contributed by atoms with Gasteiger partial charge in [0.15, 0.2) is 6.29 Å². The Kier molecular flexibility index (Phi) is 4.25. The molecule has 0 aliphatic carbocycles. The third kappa shape index (κ3) is 2.93. The lowest BCUT2D eigenvalue weighted by Gasteiger charge is -2.32. The number of aromatic nitrogens is 3. The fourth-order valence-corrected chi connectivity index (χ4v) is 4.85. The Morgan fingerprint density at radius 1 is 0.647 bits per heavy atom.